The molecule has 1 aromatic carbocycles. The van der Waals surface area contributed by atoms with Crippen LogP contribution >= 0.6 is 0 Å². The number of piperidine rings is 1. The van der Waals surface area contributed by atoms with Crippen LogP contribution in [0.4, 0.5) is 0 Å². The zero-order valence-electron chi connectivity index (χ0n) is 19.9. The van der Waals surface area contributed by atoms with E-state index in [4.69, 9.17) is 14.4 Å². The third kappa shape index (κ3) is 4.61. The minimum atomic E-state index is 0.611. The van der Waals surface area contributed by atoms with Crippen molar-refractivity contribution in [1.82, 2.24) is 19.3 Å². The molecule has 1 fully saturated rings. The van der Waals surface area contributed by atoms with Crippen LogP contribution in [0.5, 0.6) is 5.75 Å². The van der Waals surface area contributed by atoms with E-state index in [-0.39, 0.29) is 0 Å². The standard InChI is InChI=1S/C22H14N4O2.C6H13N/c1-27-21-9-17(15-4-2-14(10-23)3-5-15)22(26-13-24-12-19(21)26)16-8-20-18(25-11-16)6-7-28-20;1-7-5-3-2-4-6-7/h2-9,11-13H,1H3;2-6H2,1H3. The lowest BCUT2D eigenvalue weighted by atomic mass is 9.98. The number of ether oxygens (including phenoxy) is 1. The van der Waals surface area contributed by atoms with Gasteiger partial charge in [-0.05, 0) is 62.8 Å². The molecule has 0 bridgehead atoms. The molecular weight excluding hydrogens is 438 g/mol. The predicted molar refractivity (Wildman–Crippen MR) is 136 cm³/mol. The van der Waals surface area contributed by atoms with E-state index >= 15 is 0 Å². The van der Waals surface area contributed by atoms with E-state index in [1.807, 2.05) is 40.9 Å². The summed E-state index contributed by atoms with van der Waals surface area (Å²) in [7, 11) is 3.83. The van der Waals surface area contributed by atoms with Gasteiger partial charge in [-0.3, -0.25) is 9.38 Å². The van der Waals surface area contributed by atoms with Crippen molar-refractivity contribution in [3.63, 3.8) is 0 Å². The Hall–Kier alpha value is -4.15. The van der Waals surface area contributed by atoms with Crippen molar-refractivity contribution in [3.8, 4) is 34.2 Å². The number of hydrogen-bond donors (Lipinski definition) is 0. The maximum absolute atomic E-state index is 9.11. The van der Waals surface area contributed by atoms with Crippen LogP contribution in [-0.4, -0.2) is 46.5 Å². The van der Waals surface area contributed by atoms with Crippen molar-refractivity contribution in [2.75, 3.05) is 27.2 Å². The van der Waals surface area contributed by atoms with Crippen molar-refractivity contribution < 1.29 is 9.15 Å². The summed E-state index contributed by atoms with van der Waals surface area (Å²) in [6.07, 6.45) is 11.3. The molecule has 1 saturated heterocycles. The Labute approximate surface area is 204 Å². The number of nitrogens with zero attached hydrogens (tertiary/aromatic N) is 5. The molecule has 7 heteroatoms. The smallest absolute Gasteiger partial charge is 0.152 e. The van der Waals surface area contributed by atoms with Crippen LogP contribution < -0.4 is 4.74 Å². The summed E-state index contributed by atoms with van der Waals surface area (Å²) in [6, 6.07) is 15.4. The molecule has 0 aliphatic carbocycles. The largest absolute Gasteiger partial charge is 0.494 e. The maximum Gasteiger partial charge on any atom is 0.152 e. The summed E-state index contributed by atoms with van der Waals surface area (Å²) in [6.45, 7) is 2.64. The Bertz CT molecular complexity index is 1490. The Kier molecular flexibility index (Phi) is 6.47. The number of hydrogen-bond acceptors (Lipinski definition) is 6. The van der Waals surface area contributed by atoms with Gasteiger partial charge in [-0.25, -0.2) is 4.98 Å². The molecule has 0 atom stereocenters. The molecule has 0 spiro atoms. The molecule has 4 aromatic heterocycles. The zero-order chi connectivity index (χ0) is 24.2. The van der Waals surface area contributed by atoms with Crippen molar-refractivity contribution in [3.05, 3.63) is 73.0 Å². The molecule has 1 aliphatic heterocycles. The molecular formula is C28H27N5O2. The van der Waals surface area contributed by atoms with E-state index in [0.29, 0.717) is 16.9 Å². The van der Waals surface area contributed by atoms with Crippen molar-refractivity contribution in [1.29, 1.82) is 5.26 Å². The van der Waals surface area contributed by atoms with Gasteiger partial charge in [0.25, 0.3) is 0 Å². The lowest BCUT2D eigenvalue weighted by molar-refractivity contribution is 0.277. The minimum absolute atomic E-state index is 0.611. The summed E-state index contributed by atoms with van der Waals surface area (Å²) < 4.78 is 13.1. The van der Waals surface area contributed by atoms with E-state index in [1.165, 1.54) is 32.4 Å². The fourth-order valence-electron chi connectivity index (χ4n) is 4.49. The average Bonchev–Trinajstić information content (AvgIpc) is 3.58. The summed E-state index contributed by atoms with van der Waals surface area (Å²) in [4.78, 5) is 11.2. The number of fused-ring (bicyclic) bond motifs is 2. The van der Waals surface area contributed by atoms with Crippen LogP contribution in [0.15, 0.2) is 71.9 Å². The number of furan rings is 1. The number of nitriles is 1. The fraction of sp³-hybridized carbons (Fsp3) is 0.250. The van der Waals surface area contributed by atoms with Gasteiger partial charge in [0.05, 0.1) is 43.2 Å². The number of rotatable bonds is 3. The first-order valence-corrected chi connectivity index (χ1v) is 11.7. The minimum Gasteiger partial charge on any atom is -0.494 e. The van der Waals surface area contributed by atoms with E-state index < -0.39 is 0 Å². The van der Waals surface area contributed by atoms with Gasteiger partial charge in [-0.15, -0.1) is 0 Å². The molecule has 6 rings (SSSR count). The fourth-order valence-corrected chi connectivity index (χ4v) is 4.49. The van der Waals surface area contributed by atoms with E-state index in [2.05, 4.69) is 28.0 Å². The second-order valence-electron chi connectivity index (χ2n) is 8.70. The second kappa shape index (κ2) is 10.00. The molecule has 176 valence electrons. The number of imidazole rings is 1. The van der Waals surface area contributed by atoms with Crippen LogP contribution in [0.1, 0.15) is 24.8 Å². The Morgan fingerprint density at radius 2 is 1.80 bits per heavy atom. The lowest BCUT2D eigenvalue weighted by Crippen LogP contribution is -2.24. The predicted octanol–water partition coefficient (Wildman–Crippen LogP) is 5.79. The van der Waals surface area contributed by atoms with Crippen LogP contribution in [0.3, 0.4) is 0 Å². The highest BCUT2D eigenvalue weighted by atomic mass is 16.5. The van der Waals surface area contributed by atoms with Crippen LogP contribution in [0.25, 0.3) is 39.0 Å². The summed E-state index contributed by atoms with van der Waals surface area (Å²) >= 11 is 0. The normalized spacial score (nSPS) is 13.9. The Morgan fingerprint density at radius 1 is 1.00 bits per heavy atom. The Morgan fingerprint density at radius 3 is 2.49 bits per heavy atom. The number of aromatic nitrogens is 3. The molecule has 0 radical (unpaired) electrons. The second-order valence-corrected chi connectivity index (χ2v) is 8.70. The molecule has 0 N–H and O–H groups in total. The van der Waals surface area contributed by atoms with Gasteiger partial charge in [0.2, 0.25) is 0 Å². The van der Waals surface area contributed by atoms with Gasteiger partial charge in [-0.1, -0.05) is 18.6 Å². The molecule has 0 unspecified atom stereocenters. The van der Waals surface area contributed by atoms with Crippen LogP contribution in [0, 0.1) is 11.3 Å². The molecule has 0 saturated carbocycles. The number of likely N-dealkylation sites (tertiary alicyclic amines) is 1. The average molecular weight is 466 g/mol. The summed E-state index contributed by atoms with van der Waals surface area (Å²) in [5, 5.41) is 9.11. The molecule has 35 heavy (non-hydrogen) atoms. The zero-order valence-corrected chi connectivity index (χ0v) is 19.9. The SMILES string of the molecule is CN1CCCCC1.COc1cc(-c2ccc(C#N)cc2)c(-c2cnc3ccoc3c2)n2cncc12. The topological polar surface area (TPSA) is 79.6 Å². The van der Waals surface area contributed by atoms with Crippen LogP contribution in [0.2, 0.25) is 0 Å². The molecule has 5 aromatic rings. The lowest BCUT2D eigenvalue weighted by Gasteiger charge is -2.20. The highest BCUT2D eigenvalue weighted by Crippen LogP contribution is 2.38. The van der Waals surface area contributed by atoms with E-state index in [1.54, 1.807) is 38.0 Å². The molecule has 5 heterocycles. The number of benzene rings is 1. The Balaban J connectivity index is 0.000000313. The summed E-state index contributed by atoms with van der Waals surface area (Å²) in [5.74, 6) is 0.715. The van der Waals surface area contributed by atoms with E-state index in [0.717, 1.165) is 33.4 Å². The van der Waals surface area contributed by atoms with Gasteiger partial charge in [-0.2, -0.15) is 5.26 Å². The highest BCUT2D eigenvalue weighted by Gasteiger charge is 2.17. The maximum atomic E-state index is 9.11. The van der Waals surface area contributed by atoms with Crippen molar-refractivity contribution >= 4 is 16.6 Å². The molecule has 0 amide bonds. The van der Waals surface area contributed by atoms with Gasteiger partial charge in [0.15, 0.2) is 5.58 Å². The third-order valence-corrected chi connectivity index (χ3v) is 6.36. The first kappa shape index (κ1) is 22.6. The summed E-state index contributed by atoms with van der Waals surface area (Å²) in [5.41, 5.74) is 6.71. The van der Waals surface area contributed by atoms with E-state index in [9.17, 15) is 0 Å². The van der Waals surface area contributed by atoms with Gasteiger partial charge >= 0.3 is 0 Å². The van der Waals surface area contributed by atoms with Gasteiger partial charge in [0.1, 0.15) is 16.8 Å². The van der Waals surface area contributed by atoms with Gasteiger partial charge < -0.3 is 14.1 Å². The molecule has 1 aliphatic rings. The van der Waals surface area contributed by atoms with Gasteiger partial charge in [0, 0.05) is 23.4 Å². The number of methoxy groups -OCH3 is 1. The highest BCUT2D eigenvalue weighted by molar-refractivity contribution is 5.88. The van der Waals surface area contributed by atoms with Crippen molar-refractivity contribution in [2.24, 2.45) is 0 Å². The third-order valence-electron chi connectivity index (χ3n) is 6.36. The number of pyridine rings is 2. The first-order valence-electron chi connectivity index (χ1n) is 11.7. The first-order chi connectivity index (χ1) is 17.2. The molecule has 7 nitrogen and oxygen atoms in total. The van der Waals surface area contributed by atoms with Crippen LogP contribution in [-0.2, 0) is 0 Å². The quantitative estimate of drug-likeness (QED) is 0.335. The monoisotopic (exact) mass is 465 g/mol. The van der Waals surface area contributed by atoms with Crippen molar-refractivity contribution in [2.45, 2.75) is 19.3 Å².